The number of nitro groups is 1. The molecular formula is C16H15BrN2O5. The Balaban J connectivity index is 2.13. The van der Waals surface area contributed by atoms with E-state index in [-0.39, 0.29) is 11.4 Å². The number of nitrogens with zero attached hydrogens (tertiary/aromatic N) is 1. The highest BCUT2D eigenvalue weighted by atomic mass is 79.9. The largest absolute Gasteiger partial charge is 0.495 e. The zero-order valence-electron chi connectivity index (χ0n) is 13.0. The van der Waals surface area contributed by atoms with Crippen molar-refractivity contribution in [3.8, 4) is 11.5 Å². The predicted octanol–water partition coefficient (Wildman–Crippen LogP) is 3.77. The molecule has 0 saturated heterocycles. The number of carbonyl (C=O) groups excluding carboxylic acids is 1. The summed E-state index contributed by atoms with van der Waals surface area (Å²) in [6.07, 6.45) is -0.803. The summed E-state index contributed by atoms with van der Waals surface area (Å²) >= 11 is 3.32. The molecule has 2 rings (SSSR count). The van der Waals surface area contributed by atoms with Crippen LogP contribution in [0.5, 0.6) is 11.5 Å². The molecule has 0 aromatic heterocycles. The molecule has 0 bridgehead atoms. The maximum absolute atomic E-state index is 12.3. The SMILES string of the molecule is COc1ccc([N+](=O)[O-])cc1NC(=O)C(C)Oc1cccc(Br)c1. The molecule has 24 heavy (non-hydrogen) atoms. The molecular weight excluding hydrogens is 380 g/mol. The number of hydrogen-bond acceptors (Lipinski definition) is 5. The smallest absolute Gasteiger partial charge is 0.271 e. The zero-order chi connectivity index (χ0) is 17.7. The van der Waals surface area contributed by atoms with Gasteiger partial charge >= 0.3 is 0 Å². The van der Waals surface area contributed by atoms with Crippen LogP contribution in [0, 0.1) is 10.1 Å². The average molecular weight is 395 g/mol. The fraction of sp³-hybridized carbons (Fsp3) is 0.188. The minimum atomic E-state index is -0.803. The third-order valence-corrected chi connectivity index (χ3v) is 3.62. The molecule has 7 nitrogen and oxygen atoms in total. The van der Waals surface area contributed by atoms with Crippen LogP contribution < -0.4 is 14.8 Å². The number of nitrogens with one attached hydrogen (secondary N) is 1. The maximum atomic E-state index is 12.3. The first-order valence-corrected chi connectivity index (χ1v) is 7.75. The van der Waals surface area contributed by atoms with Crippen LogP contribution in [0.4, 0.5) is 11.4 Å². The minimum absolute atomic E-state index is 0.147. The summed E-state index contributed by atoms with van der Waals surface area (Å²) < 4.78 is 11.5. The number of non-ortho nitro benzene ring substituents is 1. The minimum Gasteiger partial charge on any atom is -0.495 e. The van der Waals surface area contributed by atoms with Crippen LogP contribution in [-0.4, -0.2) is 24.0 Å². The normalized spacial score (nSPS) is 11.5. The summed E-state index contributed by atoms with van der Waals surface area (Å²) in [5.74, 6) is 0.399. The molecule has 0 fully saturated rings. The third-order valence-electron chi connectivity index (χ3n) is 3.13. The van der Waals surface area contributed by atoms with E-state index >= 15 is 0 Å². The van der Waals surface area contributed by atoms with Gasteiger partial charge in [0.25, 0.3) is 11.6 Å². The van der Waals surface area contributed by atoms with Crippen molar-refractivity contribution in [3.63, 3.8) is 0 Å². The van der Waals surface area contributed by atoms with Gasteiger partial charge in [0.2, 0.25) is 0 Å². The Hall–Kier alpha value is -2.61. The number of rotatable bonds is 6. The summed E-state index contributed by atoms with van der Waals surface area (Å²) in [6, 6.07) is 11.0. The highest BCUT2D eigenvalue weighted by Crippen LogP contribution is 2.29. The number of carbonyl (C=O) groups is 1. The lowest BCUT2D eigenvalue weighted by atomic mass is 10.2. The van der Waals surface area contributed by atoms with Crippen molar-refractivity contribution in [2.75, 3.05) is 12.4 Å². The first-order valence-electron chi connectivity index (χ1n) is 6.96. The molecule has 1 amide bonds. The summed E-state index contributed by atoms with van der Waals surface area (Å²) in [7, 11) is 1.41. The molecule has 0 spiro atoms. The number of halogens is 1. The van der Waals surface area contributed by atoms with E-state index in [1.807, 2.05) is 6.07 Å². The third kappa shape index (κ3) is 4.45. The first-order chi connectivity index (χ1) is 11.4. The van der Waals surface area contributed by atoms with E-state index in [4.69, 9.17) is 9.47 Å². The van der Waals surface area contributed by atoms with Gasteiger partial charge in [-0.25, -0.2) is 0 Å². The van der Waals surface area contributed by atoms with Gasteiger partial charge in [-0.2, -0.15) is 0 Å². The number of anilines is 1. The van der Waals surface area contributed by atoms with Gasteiger partial charge in [0.15, 0.2) is 6.10 Å². The lowest BCUT2D eigenvalue weighted by Gasteiger charge is -2.16. The van der Waals surface area contributed by atoms with Gasteiger partial charge in [-0.15, -0.1) is 0 Å². The lowest BCUT2D eigenvalue weighted by molar-refractivity contribution is -0.384. The van der Waals surface area contributed by atoms with Gasteiger partial charge in [0.05, 0.1) is 17.7 Å². The van der Waals surface area contributed by atoms with E-state index in [9.17, 15) is 14.9 Å². The van der Waals surface area contributed by atoms with Crippen molar-refractivity contribution in [1.29, 1.82) is 0 Å². The summed E-state index contributed by atoms with van der Waals surface area (Å²) in [6.45, 7) is 1.58. The molecule has 0 aliphatic heterocycles. The number of ether oxygens (including phenoxy) is 2. The van der Waals surface area contributed by atoms with E-state index in [0.717, 1.165) is 4.47 Å². The van der Waals surface area contributed by atoms with Crippen LogP contribution >= 0.6 is 15.9 Å². The van der Waals surface area contributed by atoms with Crippen LogP contribution in [-0.2, 0) is 4.79 Å². The second-order valence-corrected chi connectivity index (χ2v) is 5.76. The number of hydrogen-bond donors (Lipinski definition) is 1. The molecule has 2 aromatic carbocycles. The molecule has 1 atom stereocenters. The van der Waals surface area contributed by atoms with Crippen molar-refractivity contribution in [1.82, 2.24) is 0 Å². The molecule has 0 aliphatic rings. The molecule has 0 aliphatic carbocycles. The van der Waals surface area contributed by atoms with Crippen molar-refractivity contribution in [2.45, 2.75) is 13.0 Å². The van der Waals surface area contributed by atoms with Gasteiger partial charge in [-0.05, 0) is 31.2 Å². The average Bonchev–Trinajstić information content (AvgIpc) is 2.54. The molecule has 126 valence electrons. The van der Waals surface area contributed by atoms with E-state index in [0.29, 0.717) is 11.5 Å². The Morgan fingerprint density at radius 3 is 2.67 bits per heavy atom. The highest BCUT2D eigenvalue weighted by molar-refractivity contribution is 9.10. The van der Waals surface area contributed by atoms with Gasteiger partial charge in [-0.1, -0.05) is 22.0 Å². The number of nitro benzene ring substituents is 1. The molecule has 8 heteroatoms. The molecule has 2 aromatic rings. The topological polar surface area (TPSA) is 90.7 Å². The van der Waals surface area contributed by atoms with E-state index in [2.05, 4.69) is 21.2 Å². The molecule has 1 unspecified atom stereocenters. The van der Waals surface area contributed by atoms with Crippen molar-refractivity contribution < 1.29 is 19.2 Å². The van der Waals surface area contributed by atoms with Crippen LogP contribution in [0.3, 0.4) is 0 Å². The Bertz CT molecular complexity index is 766. The molecule has 1 N–H and O–H groups in total. The van der Waals surface area contributed by atoms with Crippen molar-refractivity contribution in [2.24, 2.45) is 0 Å². The summed E-state index contributed by atoms with van der Waals surface area (Å²) in [4.78, 5) is 22.6. The Morgan fingerprint density at radius 1 is 1.29 bits per heavy atom. The van der Waals surface area contributed by atoms with Crippen molar-refractivity contribution in [3.05, 3.63) is 57.1 Å². The van der Waals surface area contributed by atoms with E-state index < -0.39 is 16.9 Å². The first kappa shape index (κ1) is 17.7. The van der Waals surface area contributed by atoms with E-state index in [1.165, 1.54) is 25.3 Å². The number of amides is 1. The Kier molecular flexibility index (Phi) is 5.75. The van der Waals surface area contributed by atoms with E-state index in [1.54, 1.807) is 25.1 Å². The molecule has 0 heterocycles. The van der Waals surface area contributed by atoms with Crippen LogP contribution in [0.1, 0.15) is 6.92 Å². The number of methoxy groups -OCH3 is 1. The van der Waals surface area contributed by atoms with Gasteiger partial charge in [-0.3, -0.25) is 14.9 Å². The fourth-order valence-electron chi connectivity index (χ4n) is 1.94. The molecule has 0 saturated carbocycles. The Morgan fingerprint density at radius 2 is 2.04 bits per heavy atom. The number of benzene rings is 2. The van der Waals surface area contributed by atoms with Gasteiger partial charge in [0.1, 0.15) is 11.5 Å². The summed E-state index contributed by atoms with van der Waals surface area (Å²) in [5, 5.41) is 13.5. The Labute approximate surface area is 146 Å². The van der Waals surface area contributed by atoms with Crippen LogP contribution in [0.2, 0.25) is 0 Å². The monoisotopic (exact) mass is 394 g/mol. The highest BCUT2D eigenvalue weighted by Gasteiger charge is 2.19. The maximum Gasteiger partial charge on any atom is 0.271 e. The second kappa shape index (κ2) is 7.78. The van der Waals surface area contributed by atoms with Crippen LogP contribution in [0.25, 0.3) is 0 Å². The van der Waals surface area contributed by atoms with Crippen molar-refractivity contribution >= 4 is 33.2 Å². The lowest BCUT2D eigenvalue weighted by Crippen LogP contribution is -2.30. The predicted molar refractivity (Wildman–Crippen MR) is 92.5 cm³/mol. The van der Waals surface area contributed by atoms with Gasteiger partial charge in [0, 0.05) is 16.6 Å². The quantitative estimate of drug-likeness (QED) is 0.594. The van der Waals surface area contributed by atoms with Gasteiger partial charge < -0.3 is 14.8 Å². The van der Waals surface area contributed by atoms with Crippen LogP contribution in [0.15, 0.2) is 46.9 Å². The summed E-state index contributed by atoms with van der Waals surface area (Å²) in [5.41, 5.74) is 0.0630. The molecule has 0 radical (unpaired) electrons. The standard InChI is InChI=1S/C16H15BrN2O5/c1-10(24-13-5-3-4-11(17)8-13)16(20)18-14-9-12(19(21)22)6-7-15(14)23-2/h3-10H,1-2H3,(H,18,20). The fourth-order valence-corrected chi connectivity index (χ4v) is 2.32. The second-order valence-electron chi connectivity index (χ2n) is 4.85. The zero-order valence-corrected chi connectivity index (χ0v) is 14.6.